The minimum absolute atomic E-state index is 0.0398. The summed E-state index contributed by atoms with van der Waals surface area (Å²) < 4.78 is 49.3. The third kappa shape index (κ3) is 5.35. The van der Waals surface area contributed by atoms with Crippen molar-refractivity contribution < 1.29 is 28.1 Å². The molecule has 2 aromatic heterocycles. The number of thioether (sulfide) groups is 1. The van der Waals surface area contributed by atoms with Crippen molar-refractivity contribution >= 4 is 45.3 Å². The first-order chi connectivity index (χ1) is 18.2. The second kappa shape index (κ2) is 10.7. The molecule has 38 heavy (non-hydrogen) atoms. The normalized spacial score (nSPS) is 12.8. The number of alkyl halides is 3. The summed E-state index contributed by atoms with van der Waals surface area (Å²) in [6.07, 6.45) is -3.13. The Morgan fingerprint density at radius 3 is 2.53 bits per heavy atom. The Kier molecular flexibility index (Phi) is 7.33. The molecule has 5 aromatic rings. The number of imidazole rings is 1. The molecule has 12 heteroatoms. The molecule has 7 nitrogen and oxygen atoms in total. The molecular weight excluding hydrogens is 541 g/mol. The second-order valence-corrected chi connectivity index (χ2v) is 9.82. The predicted octanol–water partition coefficient (Wildman–Crippen LogP) is 6.61. The van der Waals surface area contributed by atoms with Gasteiger partial charge in [-0.1, -0.05) is 54.1 Å². The maximum Gasteiger partial charge on any atom is 0.417 e. The predicted molar refractivity (Wildman–Crippen MR) is 138 cm³/mol. The maximum atomic E-state index is 13.8. The molecule has 0 unspecified atom stereocenters. The van der Waals surface area contributed by atoms with E-state index in [9.17, 15) is 23.4 Å². The highest BCUT2D eigenvalue weighted by Crippen LogP contribution is 2.45. The summed E-state index contributed by atoms with van der Waals surface area (Å²) >= 11 is 7.26. The first-order valence-corrected chi connectivity index (χ1v) is 12.7. The number of rotatable bonds is 8. The lowest BCUT2D eigenvalue weighted by molar-refractivity contribution is -0.137. The summed E-state index contributed by atoms with van der Waals surface area (Å²) in [5.74, 6) is -0.559. The number of aromatic nitrogens is 4. The summed E-state index contributed by atoms with van der Waals surface area (Å²) in [4.78, 5) is 11.7. The van der Waals surface area contributed by atoms with E-state index in [-0.39, 0.29) is 34.2 Å². The highest BCUT2D eigenvalue weighted by atomic mass is 35.5. The van der Waals surface area contributed by atoms with Gasteiger partial charge in [-0.25, -0.2) is 4.98 Å². The summed E-state index contributed by atoms with van der Waals surface area (Å²) in [6.45, 7) is 0.569. The van der Waals surface area contributed by atoms with Crippen molar-refractivity contribution in [2.24, 2.45) is 0 Å². The van der Waals surface area contributed by atoms with Crippen molar-refractivity contribution in [3.05, 3.63) is 83.1 Å². The van der Waals surface area contributed by atoms with Crippen LogP contribution in [0.15, 0.2) is 71.9 Å². The minimum atomic E-state index is -4.79. The van der Waals surface area contributed by atoms with E-state index in [2.05, 4.69) is 15.0 Å². The van der Waals surface area contributed by atoms with E-state index in [1.165, 1.54) is 0 Å². The van der Waals surface area contributed by atoms with E-state index >= 15 is 0 Å². The zero-order valence-electron chi connectivity index (χ0n) is 19.6. The third-order valence-electron chi connectivity index (χ3n) is 5.88. The van der Waals surface area contributed by atoms with Gasteiger partial charge in [0.15, 0.2) is 0 Å². The molecule has 0 amide bonds. The van der Waals surface area contributed by atoms with Gasteiger partial charge in [0.1, 0.15) is 0 Å². The SMILES string of the molecule is Oc1nc(O)c2cc(C(F)(F)F)c(Cl)c(SC[C@H](COCc3ccccc3)n3cnc4ccccc43)c2n1. The number of hydrogen-bond donors (Lipinski definition) is 2. The van der Waals surface area contributed by atoms with E-state index in [0.717, 1.165) is 28.4 Å². The van der Waals surface area contributed by atoms with Crippen LogP contribution in [0.4, 0.5) is 13.2 Å². The number of halogens is 4. The Balaban J connectivity index is 1.51. The highest BCUT2D eigenvalue weighted by molar-refractivity contribution is 7.99. The summed E-state index contributed by atoms with van der Waals surface area (Å²) in [6, 6.07) is 16.6. The first-order valence-electron chi connectivity index (χ1n) is 11.4. The van der Waals surface area contributed by atoms with E-state index in [1.807, 2.05) is 59.2 Å². The number of benzene rings is 3. The van der Waals surface area contributed by atoms with Crippen molar-refractivity contribution in [2.45, 2.75) is 23.7 Å². The zero-order chi connectivity index (χ0) is 26.9. The first kappa shape index (κ1) is 26.1. The molecule has 3 aromatic carbocycles. The number of para-hydroxylation sites is 2. The van der Waals surface area contributed by atoms with Crippen LogP contribution >= 0.6 is 23.4 Å². The smallest absolute Gasteiger partial charge is 0.417 e. The molecule has 0 spiro atoms. The van der Waals surface area contributed by atoms with Gasteiger partial charge in [0.2, 0.25) is 5.88 Å². The molecule has 1 atom stereocenters. The summed E-state index contributed by atoms with van der Waals surface area (Å²) in [7, 11) is 0. The van der Waals surface area contributed by atoms with Gasteiger partial charge in [-0.15, -0.1) is 11.8 Å². The number of ether oxygens (including phenoxy) is 1. The topological polar surface area (TPSA) is 93.3 Å². The number of aromatic hydroxyl groups is 2. The molecule has 2 N–H and O–H groups in total. The van der Waals surface area contributed by atoms with Crippen LogP contribution in [-0.2, 0) is 17.5 Å². The van der Waals surface area contributed by atoms with Crippen LogP contribution < -0.4 is 0 Å². The fraction of sp³-hybridized carbons (Fsp3) is 0.192. The molecule has 0 aliphatic heterocycles. The van der Waals surface area contributed by atoms with E-state index < -0.39 is 28.7 Å². The van der Waals surface area contributed by atoms with Gasteiger partial charge in [0.25, 0.3) is 0 Å². The molecule has 2 heterocycles. The van der Waals surface area contributed by atoms with Crippen LogP contribution in [-0.4, -0.2) is 42.1 Å². The fourth-order valence-corrected chi connectivity index (χ4v) is 5.63. The van der Waals surface area contributed by atoms with Crippen molar-refractivity contribution in [1.82, 2.24) is 19.5 Å². The molecular formula is C26H20ClF3N4O3S. The average Bonchev–Trinajstić information content (AvgIpc) is 3.31. The van der Waals surface area contributed by atoms with Gasteiger partial charge in [-0.2, -0.15) is 23.1 Å². The molecule has 0 bridgehead atoms. The third-order valence-corrected chi connectivity index (χ3v) is 7.62. The molecule has 0 fully saturated rings. The molecule has 0 saturated heterocycles. The Bertz CT molecular complexity index is 1600. The van der Waals surface area contributed by atoms with Gasteiger partial charge < -0.3 is 19.5 Å². The van der Waals surface area contributed by atoms with Crippen LogP contribution in [0.25, 0.3) is 21.9 Å². The molecule has 0 aliphatic rings. The monoisotopic (exact) mass is 560 g/mol. The quantitative estimate of drug-likeness (QED) is 0.206. The standard InChI is InChI=1S/C26H20ClF3N4O3S/c27-21-18(26(28,29)30)10-17-22(32-25(36)33-24(17)35)23(21)38-13-16(12-37-11-15-6-2-1-3-7-15)34-14-31-19-8-4-5-9-20(19)34/h1-10,14,16H,11-13H2,(H2,32,33,35,36)/t16-/m0/s1. The van der Waals surface area contributed by atoms with Crippen LogP contribution in [0.1, 0.15) is 17.2 Å². The van der Waals surface area contributed by atoms with Crippen molar-refractivity contribution in [1.29, 1.82) is 0 Å². The fourth-order valence-electron chi connectivity index (χ4n) is 4.07. The highest BCUT2D eigenvalue weighted by Gasteiger charge is 2.36. The van der Waals surface area contributed by atoms with Gasteiger partial charge in [0, 0.05) is 5.75 Å². The van der Waals surface area contributed by atoms with Gasteiger partial charge in [-0.3, -0.25) is 0 Å². The maximum absolute atomic E-state index is 13.8. The van der Waals surface area contributed by atoms with Crippen molar-refractivity contribution in [3.63, 3.8) is 0 Å². The number of nitrogens with zero attached hydrogens (tertiary/aromatic N) is 4. The minimum Gasteiger partial charge on any atom is -0.493 e. The molecule has 196 valence electrons. The van der Waals surface area contributed by atoms with Crippen LogP contribution in [0, 0.1) is 0 Å². The molecule has 0 radical (unpaired) electrons. The number of fused-ring (bicyclic) bond motifs is 2. The van der Waals surface area contributed by atoms with Gasteiger partial charge >= 0.3 is 12.2 Å². The zero-order valence-corrected chi connectivity index (χ0v) is 21.1. The summed E-state index contributed by atoms with van der Waals surface area (Å²) in [5.41, 5.74) is 1.35. The van der Waals surface area contributed by atoms with Crippen LogP contribution in [0.2, 0.25) is 5.02 Å². The second-order valence-electron chi connectivity index (χ2n) is 8.41. The Hall–Kier alpha value is -3.54. The Morgan fingerprint density at radius 1 is 1.03 bits per heavy atom. The van der Waals surface area contributed by atoms with E-state index in [4.69, 9.17) is 16.3 Å². The molecule has 0 aliphatic carbocycles. The molecule has 5 rings (SSSR count). The lowest BCUT2D eigenvalue weighted by Crippen LogP contribution is -2.17. The largest absolute Gasteiger partial charge is 0.493 e. The van der Waals surface area contributed by atoms with E-state index in [0.29, 0.717) is 12.7 Å². The lowest BCUT2D eigenvalue weighted by atomic mass is 10.1. The summed E-state index contributed by atoms with van der Waals surface area (Å²) in [5, 5.41) is 19.2. The van der Waals surface area contributed by atoms with Crippen LogP contribution in [0.3, 0.4) is 0 Å². The van der Waals surface area contributed by atoms with Crippen LogP contribution in [0.5, 0.6) is 11.9 Å². The Labute approximate surface area is 223 Å². The number of hydrogen-bond acceptors (Lipinski definition) is 7. The van der Waals surface area contributed by atoms with Gasteiger partial charge in [-0.05, 0) is 23.8 Å². The Morgan fingerprint density at radius 2 is 1.76 bits per heavy atom. The van der Waals surface area contributed by atoms with Crippen molar-refractivity contribution in [2.75, 3.05) is 12.4 Å². The lowest BCUT2D eigenvalue weighted by Gasteiger charge is -2.21. The average molecular weight is 561 g/mol. The van der Waals surface area contributed by atoms with E-state index in [1.54, 1.807) is 6.33 Å². The van der Waals surface area contributed by atoms with Crippen molar-refractivity contribution in [3.8, 4) is 11.9 Å². The molecule has 0 saturated carbocycles. The van der Waals surface area contributed by atoms with Gasteiger partial charge in [0.05, 0.1) is 63.0 Å².